The number of carbonyl (C=O) groups excluding carboxylic acids is 3. The molecule has 0 saturated carbocycles. The molecule has 21 nitrogen and oxygen atoms in total. The number of nitrogens with one attached hydrogen (secondary N) is 2. The van der Waals surface area contributed by atoms with Gasteiger partial charge in [-0.2, -0.15) is 5.10 Å². The van der Waals surface area contributed by atoms with Gasteiger partial charge in [0.2, 0.25) is 5.91 Å². The summed E-state index contributed by atoms with van der Waals surface area (Å²) >= 11 is 0. The summed E-state index contributed by atoms with van der Waals surface area (Å²) in [4.78, 5) is 75.9. The topological polar surface area (TPSA) is 219 Å². The van der Waals surface area contributed by atoms with E-state index >= 15 is 0 Å². The Hall–Kier alpha value is -7.34. The van der Waals surface area contributed by atoms with E-state index in [1.807, 2.05) is 75.7 Å². The van der Waals surface area contributed by atoms with Gasteiger partial charge < -0.3 is 34.4 Å². The summed E-state index contributed by atoms with van der Waals surface area (Å²) < 4.78 is 52.9. The highest BCUT2D eigenvalue weighted by Gasteiger charge is 2.44. The number of nitrogens with zero attached hydrogens (tertiary/aromatic N) is 12. The monoisotopic (exact) mass is 1210 g/mol. The Kier molecular flexibility index (Phi) is 18.0. The van der Waals surface area contributed by atoms with Gasteiger partial charge in [-0.25, -0.2) is 32.6 Å². The average Bonchev–Trinajstić information content (AvgIpc) is 1.91. The lowest BCUT2D eigenvalue weighted by molar-refractivity contribution is -0.121. The molecule has 23 heteroatoms. The fourth-order valence-electron chi connectivity index (χ4n) is 12.1. The number of piperazine rings is 3. The van der Waals surface area contributed by atoms with E-state index in [1.165, 1.54) is 18.5 Å². The molecule has 0 radical (unpaired) electrons. The molecule has 2 aromatic carbocycles. The number of anilines is 4. The number of fused-ring (bicyclic) bond motifs is 2. The van der Waals surface area contributed by atoms with Crippen LogP contribution in [0.3, 0.4) is 0 Å². The zero-order valence-electron chi connectivity index (χ0n) is 52.5. The van der Waals surface area contributed by atoms with Crippen molar-refractivity contribution in [3.05, 3.63) is 113 Å². The molecule has 466 valence electrons. The van der Waals surface area contributed by atoms with Gasteiger partial charge in [0.15, 0.2) is 9.84 Å². The van der Waals surface area contributed by atoms with Crippen molar-refractivity contribution in [1.82, 2.24) is 54.6 Å². The van der Waals surface area contributed by atoms with Gasteiger partial charge in [-0.1, -0.05) is 26.0 Å². The number of pyridine rings is 2. The standard InChI is InChI=1S/C64H85FN14O7S/c1-41-34-76(26-25-75(41)36-49-37-78(61(82)86-62(5,6)7)42(2)35-77(49)38-56(80)79-39-64(11,12)57-52(79)29-46(32-67-57)28-45-14-17-48(65)18-15-45)60(81)47-16-19-55(66-33-47)74-23-21-73(22-24-74)20-13-27-85-53-31-51-50(30-54(53)87(83,84)63(8,9)10)59(69-40-68-51)70-58-43(3)44(4)71-72-58/h14-19,29-33,40-42,49H,13,20-28,34-39H2,1-12H3,(H2,68,69,70,71,72)/t41-,42+,49+/m1/s1. The lowest BCUT2D eigenvalue weighted by Gasteiger charge is -2.48. The molecule has 2 N–H and O–H groups in total. The van der Waals surface area contributed by atoms with E-state index in [1.54, 1.807) is 56.1 Å². The van der Waals surface area contributed by atoms with E-state index in [2.05, 4.69) is 65.9 Å². The number of benzene rings is 2. The summed E-state index contributed by atoms with van der Waals surface area (Å²) in [7, 11) is -3.84. The zero-order valence-corrected chi connectivity index (χ0v) is 53.3. The summed E-state index contributed by atoms with van der Waals surface area (Å²) in [5, 5.41) is 11.1. The first-order valence-corrected chi connectivity index (χ1v) is 31.8. The van der Waals surface area contributed by atoms with Crippen LogP contribution in [0.4, 0.5) is 32.3 Å². The molecular weight excluding hydrogens is 1130 g/mol. The fourth-order valence-corrected chi connectivity index (χ4v) is 13.4. The lowest BCUT2D eigenvalue weighted by Crippen LogP contribution is -2.65. The third kappa shape index (κ3) is 14.0. The molecule has 0 aliphatic carbocycles. The van der Waals surface area contributed by atoms with Crippen LogP contribution in [-0.4, -0.2) is 201 Å². The fraction of sp³-hybridized carbons (Fsp3) is 0.531. The van der Waals surface area contributed by atoms with Gasteiger partial charge in [0.25, 0.3) is 5.91 Å². The Morgan fingerprint density at radius 1 is 0.828 bits per heavy atom. The number of hydrogen-bond acceptors (Lipinski definition) is 17. The van der Waals surface area contributed by atoms with Crippen molar-refractivity contribution in [3.8, 4) is 5.75 Å². The summed E-state index contributed by atoms with van der Waals surface area (Å²) in [6.07, 6.45) is 5.81. The molecule has 3 saturated heterocycles. The Labute approximate surface area is 510 Å². The molecule has 0 spiro atoms. The summed E-state index contributed by atoms with van der Waals surface area (Å²) in [5.74, 6) is 1.76. The van der Waals surface area contributed by atoms with Crippen LogP contribution >= 0.6 is 0 Å². The lowest BCUT2D eigenvalue weighted by atomic mass is 9.91. The number of ether oxygens (including phenoxy) is 2. The van der Waals surface area contributed by atoms with Crippen LogP contribution in [0.25, 0.3) is 10.9 Å². The summed E-state index contributed by atoms with van der Waals surface area (Å²) in [6, 6.07) is 15.1. The second-order valence-electron chi connectivity index (χ2n) is 26.6. The first kappa shape index (κ1) is 62.7. The summed E-state index contributed by atoms with van der Waals surface area (Å²) in [5.41, 5.74) is 5.32. The Balaban J connectivity index is 0.728. The number of aromatic amines is 1. The average molecular weight is 1210 g/mol. The molecule has 4 aliphatic rings. The molecule has 6 aromatic rings. The quantitative estimate of drug-likeness (QED) is 0.0873. The smallest absolute Gasteiger partial charge is 0.410 e. The zero-order chi connectivity index (χ0) is 62.3. The molecule has 8 heterocycles. The number of carbonyl (C=O) groups is 3. The molecule has 3 amide bonds. The Morgan fingerprint density at radius 3 is 2.24 bits per heavy atom. The van der Waals surface area contributed by atoms with Crippen molar-refractivity contribution in [2.45, 2.75) is 135 Å². The van der Waals surface area contributed by atoms with Crippen LogP contribution in [-0.2, 0) is 31.2 Å². The predicted octanol–water partition coefficient (Wildman–Crippen LogP) is 8.18. The molecule has 3 fully saturated rings. The van der Waals surface area contributed by atoms with E-state index in [9.17, 15) is 27.2 Å². The van der Waals surface area contributed by atoms with Crippen LogP contribution in [0.2, 0.25) is 0 Å². The highest BCUT2D eigenvalue weighted by Crippen LogP contribution is 2.41. The van der Waals surface area contributed by atoms with Gasteiger partial charge in [-0.05, 0) is 130 Å². The SMILES string of the molecule is Cc1n[nH]c(Nc2ncnc3cc(OCCCN4CCN(c5ccc(C(=O)N6CCN(C[C@H]7CN(C(=O)OC(C)(C)C)[C@@H](C)CN7CC(=O)N7CC(C)(C)c8ncc(Cc9ccc(F)cc9)cc87)[C@H](C)C6)cn5)CC4)c(S(=O)(=O)C(C)(C)C)cc23)c1C. The number of H-pyrrole nitrogens is 1. The van der Waals surface area contributed by atoms with Crippen molar-refractivity contribution in [3.63, 3.8) is 0 Å². The van der Waals surface area contributed by atoms with Crippen molar-refractivity contribution >= 4 is 61.8 Å². The largest absolute Gasteiger partial charge is 0.492 e. The predicted molar refractivity (Wildman–Crippen MR) is 334 cm³/mol. The Morgan fingerprint density at radius 2 is 1.57 bits per heavy atom. The van der Waals surface area contributed by atoms with Gasteiger partial charge in [0.1, 0.15) is 45.8 Å². The van der Waals surface area contributed by atoms with Gasteiger partial charge in [-0.15, -0.1) is 0 Å². The molecule has 10 rings (SSSR count). The second-order valence-corrected chi connectivity index (χ2v) is 29.2. The molecule has 0 bridgehead atoms. The van der Waals surface area contributed by atoms with Gasteiger partial charge >= 0.3 is 6.09 Å². The van der Waals surface area contributed by atoms with E-state index < -0.39 is 20.2 Å². The highest BCUT2D eigenvalue weighted by molar-refractivity contribution is 7.92. The minimum absolute atomic E-state index is 0.0172. The first-order chi connectivity index (χ1) is 41.1. The van der Waals surface area contributed by atoms with Crippen LogP contribution in [0, 0.1) is 19.7 Å². The van der Waals surface area contributed by atoms with Crippen LogP contribution in [0.5, 0.6) is 5.75 Å². The maximum Gasteiger partial charge on any atom is 0.410 e. The maximum atomic E-state index is 14.7. The summed E-state index contributed by atoms with van der Waals surface area (Å²) in [6.45, 7) is 30.6. The van der Waals surface area contributed by atoms with Crippen LogP contribution < -0.4 is 19.9 Å². The van der Waals surface area contributed by atoms with Crippen LogP contribution in [0.1, 0.15) is 114 Å². The van der Waals surface area contributed by atoms with E-state index in [4.69, 9.17) is 19.4 Å². The molecule has 3 atom stereocenters. The van der Waals surface area contributed by atoms with Gasteiger partial charge in [0, 0.05) is 131 Å². The highest BCUT2D eigenvalue weighted by atomic mass is 32.2. The van der Waals surface area contributed by atoms with E-state index in [-0.39, 0.29) is 64.5 Å². The normalized spacial score (nSPS) is 19.8. The van der Waals surface area contributed by atoms with Crippen molar-refractivity contribution < 1.29 is 36.7 Å². The van der Waals surface area contributed by atoms with Crippen molar-refractivity contribution in [2.24, 2.45) is 0 Å². The Bertz CT molecular complexity index is 3600. The molecule has 87 heavy (non-hydrogen) atoms. The molecule has 0 unspecified atom stereocenters. The second kappa shape index (κ2) is 25.0. The number of rotatable bonds is 16. The maximum absolute atomic E-state index is 14.7. The van der Waals surface area contributed by atoms with E-state index in [0.29, 0.717) is 93.4 Å². The molecule has 4 aromatic heterocycles. The first-order valence-electron chi connectivity index (χ1n) is 30.3. The third-order valence-electron chi connectivity index (χ3n) is 17.3. The van der Waals surface area contributed by atoms with Crippen molar-refractivity contribution in [1.29, 1.82) is 0 Å². The molecular formula is C64H85FN14O7S. The van der Waals surface area contributed by atoms with Gasteiger partial charge in [-0.3, -0.25) is 34.4 Å². The number of hydrogen-bond donors (Lipinski definition) is 2. The van der Waals surface area contributed by atoms with Crippen molar-refractivity contribution in [2.75, 3.05) is 107 Å². The third-order valence-corrected chi connectivity index (χ3v) is 19.8. The number of aromatic nitrogens is 6. The number of amides is 3. The minimum atomic E-state index is -3.84. The molecule has 4 aliphatic heterocycles. The van der Waals surface area contributed by atoms with Gasteiger partial charge in [0.05, 0.1) is 46.1 Å². The van der Waals surface area contributed by atoms with E-state index in [0.717, 1.165) is 72.3 Å². The number of sulfone groups is 1. The van der Waals surface area contributed by atoms with Crippen LogP contribution in [0.15, 0.2) is 78.2 Å². The minimum Gasteiger partial charge on any atom is -0.492 e. The number of aryl methyl sites for hydroxylation is 1. The number of halogens is 1.